The van der Waals surface area contributed by atoms with Gasteiger partial charge in [0.05, 0.1) is 5.92 Å². The number of primary amides is 1. The molecule has 3 N–H and O–H groups in total. The summed E-state index contributed by atoms with van der Waals surface area (Å²) in [6.45, 7) is 0.730. The molecule has 0 aromatic carbocycles. The Labute approximate surface area is 152 Å². The number of carbonyl (C=O) groups excluding carboxylic acids is 2. The van der Waals surface area contributed by atoms with E-state index in [0.29, 0.717) is 6.42 Å². The number of amides is 2. The van der Waals surface area contributed by atoms with E-state index in [2.05, 4.69) is 21.4 Å². The van der Waals surface area contributed by atoms with E-state index in [1.807, 2.05) is 23.0 Å². The van der Waals surface area contributed by atoms with E-state index in [4.69, 9.17) is 5.73 Å². The van der Waals surface area contributed by atoms with Crippen molar-refractivity contribution in [1.82, 2.24) is 14.9 Å². The van der Waals surface area contributed by atoms with Gasteiger partial charge < -0.3 is 15.6 Å². The predicted octanol–water partition coefficient (Wildman–Crippen LogP) is 1.87. The molecular formula is C19H23N5O2. The van der Waals surface area contributed by atoms with Gasteiger partial charge in [-0.15, -0.1) is 0 Å². The fourth-order valence-electron chi connectivity index (χ4n) is 3.13. The van der Waals surface area contributed by atoms with Gasteiger partial charge in [0.1, 0.15) is 5.65 Å². The predicted molar refractivity (Wildman–Crippen MR) is 101 cm³/mol. The van der Waals surface area contributed by atoms with Crippen LogP contribution in [-0.2, 0) is 16.0 Å². The Morgan fingerprint density at radius 3 is 3.08 bits per heavy atom. The highest BCUT2D eigenvalue weighted by atomic mass is 16.1. The van der Waals surface area contributed by atoms with Gasteiger partial charge in [0, 0.05) is 48.9 Å². The highest BCUT2D eigenvalue weighted by Gasteiger charge is 2.19. The van der Waals surface area contributed by atoms with E-state index in [1.165, 1.54) is 5.56 Å². The lowest BCUT2D eigenvalue weighted by molar-refractivity contribution is -0.119. The summed E-state index contributed by atoms with van der Waals surface area (Å²) in [6, 6.07) is 4.18. The van der Waals surface area contributed by atoms with Crippen LogP contribution in [-0.4, -0.2) is 34.6 Å². The molecule has 2 aromatic rings. The monoisotopic (exact) mass is 353 g/mol. The van der Waals surface area contributed by atoms with E-state index in [0.717, 1.165) is 55.4 Å². The average molecular weight is 353 g/mol. The number of allylic oxidation sites excluding steroid dienone is 1. The second-order valence-electron chi connectivity index (χ2n) is 6.46. The van der Waals surface area contributed by atoms with Crippen molar-refractivity contribution in [2.75, 3.05) is 6.54 Å². The smallest absolute Gasteiger partial charge is 0.226 e. The molecule has 0 bridgehead atoms. The SMILES string of the molecule is NC(=O)C1C=NC=C(n2ccc3cc(CCCCCNC=O)cnc32)C1. The van der Waals surface area contributed by atoms with Crippen molar-refractivity contribution >= 4 is 35.3 Å². The van der Waals surface area contributed by atoms with Crippen molar-refractivity contribution in [3.63, 3.8) is 0 Å². The fourth-order valence-corrected chi connectivity index (χ4v) is 3.13. The van der Waals surface area contributed by atoms with Gasteiger partial charge in [-0.05, 0) is 37.0 Å². The van der Waals surface area contributed by atoms with Gasteiger partial charge in [-0.1, -0.05) is 6.42 Å². The van der Waals surface area contributed by atoms with E-state index < -0.39 is 0 Å². The normalized spacial score (nSPS) is 16.5. The number of pyridine rings is 1. The van der Waals surface area contributed by atoms with E-state index >= 15 is 0 Å². The van der Waals surface area contributed by atoms with Crippen molar-refractivity contribution in [2.24, 2.45) is 16.6 Å². The third-order valence-electron chi connectivity index (χ3n) is 4.55. The summed E-state index contributed by atoms with van der Waals surface area (Å²) in [6.07, 6.45) is 12.6. The summed E-state index contributed by atoms with van der Waals surface area (Å²) >= 11 is 0. The molecule has 3 rings (SSSR count). The Morgan fingerprint density at radius 1 is 1.38 bits per heavy atom. The number of nitrogens with two attached hydrogens (primary N) is 1. The van der Waals surface area contributed by atoms with Gasteiger partial charge >= 0.3 is 0 Å². The number of hydrogen-bond acceptors (Lipinski definition) is 4. The molecule has 2 aromatic heterocycles. The zero-order valence-corrected chi connectivity index (χ0v) is 14.6. The van der Waals surface area contributed by atoms with Crippen molar-refractivity contribution in [1.29, 1.82) is 0 Å². The first kappa shape index (κ1) is 17.8. The summed E-state index contributed by atoms with van der Waals surface area (Å²) < 4.78 is 1.97. The number of rotatable bonds is 9. The number of carbonyl (C=O) groups is 2. The standard InChI is InChI=1S/C19H23N5O2/c20-18(26)16-9-17(12-22-11-16)24-7-5-15-8-14(10-23-19(15)24)4-2-1-3-6-21-13-25/h5,7-8,10-13,16H,1-4,6,9H2,(H2,20,26)(H,21,25). The molecule has 136 valence electrons. The summed E-state index contributed by atoms with van der Waals surface area (Å²) in [5.74, 6) is -0.741. The van der Waals surface area contributed by atoms with Crippen LogP contribution in [0.15, 0.2) is 35.7 Å². The maximum absolute atomic E-state index is 11.4. The third kappa shape index (κ3) is 4.17. The van der Waals surface area contributed by atoms with Crippen molar-refractivity contribution in [3.8, 4) is 0 Å². The molecule has 0 saturated heterocycles. The average Bonchev–Trinajstić information content (AvgIpc) is 3.08. The lowest BCUT2D eigenvalue weighted by Crippen LogP contribution is -2.26. The third-order valence-corrected chi connectivity index (χ3v) is 4.55. The van der Waals surface area contributed by atoms with Gasteiger partial charge in [0.2, 0.25) is 12.3 Å². The second kappa shape index (κ2) is 8.42. The maximum atomic E-state index is 11.4. The number of nitrogens with zero attached hydrogens (tertiary/aromatic N) is 3. The molecule has 1 unspecified atom stereocenters. The summed E-state index contributed by atoms with van der Waals surface area (Å²) in [4.78, 5) is 30.4. The lowest BCUT2D eigenvalue weighted by atomic mass is 10.0. The molecular weight excluding hydrogens is 330 g/mol. The zero-order valence-electron chi connectivity index (χ0n) is 14.6. The van der Waals surface area contributed by atoms with Gasteiger partial charge in [-0.2, -0.15) is 0 Å². The quantitative estimate of drug-likeness (QED) is 0.531. The van der Waals surface area contributed by atoms with Crippen LogP contribution in [0, 0.1) is 5.92 Å². The molecule has 0 fully saturated rings. The number of unbranched alkanes of at least 4 members (excludes halogenated alkanes) is 2. The van der Waals surface area contributed by atoms with Gasteiger partial charge in [-0.3, -0.25) is 14.6 Å². The van der Waals surface area contributed by atoms with Crippen LogP contribution in [0.25, 0.3) is 16.7 Å². The number of aliphatic imine (C=N–C) groups is 1. The van der Waals surface area contributed by atoms with Gasteiger partial charge in [-0.25, -0.2) is 4.98 Å². The Hall–Kier alpha value is -2.96. The molecule has 0 radical (unpaired) electrons. The van der Waals surface area contributed by atoms with E-state index in [1.54, 1.807) is 12.4 Å². The molecule has 2 amide bonds. The lowest BCUT2D eigenvalue weighted by Gasteiger charge is -2.16. The first-order valence-corrected chi connectivity index (χ1v) is 8.84. The molecule has 1 atom stereocenters. The van der Waals surface area contributed by atoms with Crippen LogP contribution in [0.1, 0.15) is 31.2 Å². The molecule has 7 heteroatoms. The van der Waals surface area contributed by atoms with Crippen molar-refractivity contribution < 1.29 is 9.59 Å². The van der Waals surface area contributed by atoms with Crippen LogP contribution in [0.4, 0.5) is 0 Å². The van der Waals surface area contributed by atoms with E-state index in [9.17, 15) is 9.59 Å². The largest absolute Gasteiger partial charge is 0.369 e. The molecule has 0 aliphatic carbocycles. The first-order valence-electron chi connectivity index (χ1n) is 8.84. The summed E-state index contributed by atoms with van der Waals surface area (Å²) in [5, 5.41) is 3.74. The Morgan fingerprint density at radius 2 is 2.27 bits per heavy atom. The van der Waals surface area contributed by atoms with Gasteiger partial charge in [0.25, 0.3) is 0 Å². The van der Waals surface area contributed by atoms with Crippen molar-refractivity contribution in [3.05, 3.63) is 36.3 Å². The van der Waals surface area contributed by atoms with Crippen LogP contribution >= 0.6 is 0 Å². The van der Waals surface area contributed by atoms with Crippen LogP contribution in [0.5, 0.6) is 0 Å². The Kier molecular flexibility index (Phi) is 5.78. The van der Waals surface area contributed by atoms with E-state index in [-0.39, 0.29) is 11.8 Å². The van der Waals surface area contributed by atoms with Crippen LogP contribution in [0.3, 0.4) is 0 Å². The van der Waals surface area contributed by atoms with Crippen LogP contribution < -0.4 is 11.1 Å². The molecule has 0 spiro atoms. The zero-order chi connectivity index (χ0) is 18.4. The number of nitrogens with one attached hydrogen (secondary N) is 1. The second-order valence-corrected chi connectivity index (χ2v) is 6.46. The number of aromatic nitrogens is 2. The Balaban J connectivity index is 1.66. The minimum atomic E-state index is -0.375. The number of aryl methyl sites for hydroxylation is 1. The topological polar surface area (TPSA) is 102 Å². The molecule has 1 aliphatic heterocycles. The minimum Gasteiger partial charge on any atom is -0.369 e. The number of fused-ring (bicyclic) bond motifs is 1. The summed E-state index contributed by atoms with van der Waals surface area (Å²) in [7, 11) is 0. The summed E-state index contributed by atoms with van der Waals surface area (Å²) in [5.41, 5.74) is 8.36. The number of hydrogen-bond donors (Lipinski definition) is 2. The first-order chi connectivity index (χ1) is 12.7. The van der Waals surface area contributed by atoms with Crippen molar-refractivity contribution in [2.45, 2.75) is 32.1 Å². The molecule has 26 heavy (non-hydrogen) atoms. The highest BCUT2D eigenvalue weighted by molar-refractivity contribution is 5.95. The maximum Gasteiger partial charge on any atom is 0.226 e. The highest BCUT2D eigenvalue weighted by Crippen LogP contribution is 2.25. The minimum absolute atomic E-state index is 0.366. The fraction of sp³-hybridized carbons (Fsp3) is 0.368. The molecule has 1 aliphatic rings. The molecule has 7 nitrogen and oxygen atoms in total. The Bertz CT molecular complexity index is 853. The molecule has 3 heterocycles. The van der Waals surface area contributed by atoms with Gasteiger partial charge in [0.15, 0.2) is 0 Å². The molecule has 0 saturated carbocycles. The van der Waals surface area contributed by atoms with Crippen LogP contribution in [0.2, 0.25) is 0 Å².